The molecular formula is C28H29ClN4O3S. The molecule has 4 N–H and O–H groups in total. The summed E-state index contributed by atoms with van der Waals surface area (Å²) in [5.41, 5.74) is 8.45. The molecule has 3 aromatic carbocycles. The fraction of sp³-hybridized carbons (Fsp3) is 0.250. The Balaban J connectivity index is 0.00000380. The van der Waals surface area contributed by atoms with Crippen molar-refractivity contribution in [3.8, 4) is 6.07 Å². The molecule has 4 rings (SSSR count). The van der Waals surface area contributed by atoms with Crippen LogP contribution in [0.1, 0.15) is 35.4 Å². The van der Waals surface area contributed by atoms with E-state index in [4.69, 9.17) is 10.2 Å². The number of carbonyl (C=O) groups excluding carboxylic acids is 1. The molecule has 0 saturated heterocycles. The van der Waals surface area contributed by atoms with Gasteiger partial charge >= 0.3 is 0 Å². The van der Waals surface area contributed by atoms with Crippen LogP contribution in [-0.4, -0.2) is 27.9 Å². The van der Waals surface area contributed by atoms with Gasteiger partial charge in [-0.05, 0) is 42.2 Å². The number of thioether (sulfide) groups is 1. The van der Waals surface area contributed by atoms with E-state index < -0.39 is 11.0 Å². The molecular weight excluding hydrogens is 508 g/mol. The average molecular weight is 537 g/mol. The van der Waals surface area contributed by atoms with Crippen molar-refractivity contribution in [3.05, 3.63) is 101 Å². The van der Waals surface area contributed by atoms with Crippen molar-refractivity contribution in [2.75, 3.05) is 6.54 Å². The second-order valence-electron chi connectivity index (χ2n) is 8.60. The van der Waals surface area contributed by atoms with Crippen LogP contribution >= 0.6 is 24.2 Å². The number of para-hydroxylation sites is 2. The van der Waals surface area contributed by atoms with Gasteiger partial charge < -0.3 is 20.6 Å². The molecule has 4 aromatic rings. The van der Waals surface area contributed by atoms with Crippen molar-refractivity contribution < 1.29 is 14.3 Å². The van der Waals surface area contributed by atoms with Crippen molar-refractivity contribution in [2.45, 2.75) is 36.0 Å². The van der Waals surface area contributed by atoms with E-state index in [1.807, 2.05) is 66.7 Å². The number of halogens is 1. The molecule has 0 fully saturated rings. The van der Waals surface area contributed by atoms with Crippen LogP contribution in [0.3, 0.4) is 0 Å². The monoisotopic (exact) mass is 536 g/mol. The minimum absolute atomic E-state index is 0. The van der Waals surface area contributed by atoms with E-state index in [1.54, 1.807) is 12.1 Å². The Kier molecular flexibility index (Phi) is 10.1. The normalized spacial score (nSPS) is 13.2. The molecule has 2 unspecified atom stereocenters. The number of hydrogen-bond donors (Lipinski definition) is 3. The molecule has 1 heterocycles. The third kappa shape index (κ3) is 7.57. The molecule has 0 aliphatic rings. The fourth-order valence-corrected chi connectivity index (χ4v) is 4.76. The van der Waals surface area contributed by atoms with Gasteiger partial charge in [-0.1, -0.05) is 60.7 Å². The Labute approximate surface area is 226 Å². The van der Waals surface area contributed by atoms with E-state index in [0.717, 1.165) is 11.1 Å². The molecule has 2 atom stereocenters. The SMILES string of the molecule is Cl.N#Cc1ccccc1CSC(N)CC(=O)NCC(O)(CCc1ccccc1)c1nc2ccccc2o1. The van der Waals surface area contributed by atoms with Gasteiger partial charge in [-0.25, -0.2) is 4.98 Å². The predicted molar refractivity (Wildman–Crippen MR) is 148 cm³/mol. The van der Waals surface area contributed by atoms with Crippen LogP contribution in [0.5, 0.6) is 0 Å². The maximum atomic E-state index is 12.7. The molecule has 0 radical (unpaired) electrons. The maximum absolute atomic E-state index is 12.7. The number of fused-ring (bicyclic) bond motifs is 1. The summed E-state index contributed by atoms with van der Waals surface area (Å²) in [7, 11) is 0. The highest BCUT2D eigenvalue weighted by molar-refractivity contribution is 7.99. The Hall–Kier alpha value is -3.35. The lowest BCUT2D eigenvalue weighted by Gasteiger charge is -2.25. The van der Waals surface area contributed by atoms with Crippen LogP contribution in [0.4, 0.5) is 0 Å². The van der Waals surface area contributed by atoms with Crippen molar-refractivity contribution >= 4 is 41.2 Å². The van der Waals surface area contributed by atoms with E-state index in [1.165, 1.54) is 11.8 Å². The quantitative estimate of drug-likeness (QED) is 0.238. The van der Waals surface area contributed by atoms with E-state index in [9.17, 15) is 15.2 Å². The summed E-state index contributed by atoms with van der Waals surface area (Å²) in [6.45, 7) is -0.0554. The topological polar surface area (TPSA) is 125 Å². The first kappa shape index (κ1) is 28.2. The largest absolute Gasteiger partial charge is 0.437 e. The first-order valence-electron chi connectivity index (χ1n) is 11.7. The molecule has 0 aliphatic carbocycles. The van der Waals surface area contributed by atoms with Gasteiger partial charge in [0, 0.05) is 5.75 Å². The number of aliphatic hydroxyl groups is 1. The maximum Gasteiger partial charge on any atom is 0.229 e. The highest BCUT2D eigenvalue weighted by Crippen LogP contribution is 2.29. The summed E-state index contributed by atoms with van der Waals surface area (Å²) in [4.78, 5) is 17.2. The minimum atomic E-state index is -1.49. The third-order valence-electron chi connectivity index (χ3n) is 5.92. The number of nitriles is 1. The molecule has 0 saturated carbocycles. The van der Waals surface area contributed by atoms with Crippen LogP contribution in [0, 0.1) is 11.3 Å². The first-order chi connectivity index (χ1) is 17.5. The standard InChI is InChI=1S/C28H28N4O3S.ClH/c29-17-21-10-4-5-11-22(21)18-36-25(30)16-26(33)31-19-28(34,15-14-20-8-2-1-3-9-20)27-32-23-12-6-7-13-24(23)35-27;/h1-13,25,34H,14-16,18-19,30H2,(H,31,33);1H. The summed E-state index contributed by atoms with van der Waals surface area (Å²) in [6, 6.07) is 26.6. The first-order valence-corrected chi connectivity index (χ1v) is 12.8. The lowest BCUT2D eigenvalue weighted by Crippen LogP contribution is -2.42. The number of benzene rings is 3. The number of amides is 1. The average Bonchev–Trinajstić information content (AvgIpc) is 3.36. The number of rotatable bonds is 11. The zero-order valence-electron chi connectivity index (χ0n) is 20.2. The molecule has 192 valence electrons. The summed E-state index contributed by atoms with van der Waals surface area (Å²) >= 11 is 1.40. The number of nitrogens with one attached hydrogen (secondary N) is 1. The molecule has 1 amide bonds. The lowest BCUT2D eigenvalue weighted by molar-refractivity contribution is -0.122. The number of carbonyl (C=O) groups is 1. The molecule has 1 aromatic heterocycles. The van der Waals surface area contributed by atoms with Gasteiger partial charge in [-0.3, -0.25) is 4.79 Å². The van der Waals surface area contributed by atoms with Gasteiger partial charge in [0.2, 0.25) is 11.8 Å². The van der Waals surface area contributed by atoms with Crippen molar-refractivity contribution in [1.29, 1.82) is 5.26 Å². The number of aromatic nitrogens is 1. The Bertz CT molecular complexity index is 1330. The Morgan fingerprint density at radius 3 is 2.57 bits per heavy atom. The highest BCUT2D eigenvalue weighted by Gasteiger charge is 2.35. The minimum Gasteiger partial charge on any atom is -0.437 e. The zero-order valence-corrected chi connectivity index (χ0v) is 21.8. The van der Waals surface area contributed by atoms with Gasteiger partial charge in [0.05, 0.1) is 30.0 Å². The van der Waals surface area contributed by atoms with E-state index in [0.29, 0.717) is 35.3 Å². The van der Waals surface area contributed by atoms with Crippen LogP contribution in [0.25, 0.3) is 11.1 Å². The zero-order chi connectivity index (χ0) is 25.4. The number of nitrogens with two attached hydrogens (primary N) is 1. The van der Waals surface area contributed by atoms with Crippen molar-refractivity contribution in [2.24, 2.45) is 5.73 Å². The van der Waals surface area contributed by atoms with Gasteiger partial charge in [-0.2, -0.15) is 5.26 Å². The number of hydrogen-bond acceptors (Lipinski definition) is 7. The lowest BCUT2D eigenvalue weighted by atomic mass is 9.94. The van der Waals surface area contributed by atoms with E-state index in [-0.39, 0.29) is 37.2 Å². The van der Waals surface area contributed by atoms with Crippen molar-refractivity contribution in [1.82, 2.24) is 10.3 Å². The second kappa shape index (κ2) is 13.3. The highest BCUT2D eigenvalue weighted by atomic mass is 35.5. The molecule has 0 bridgehead atoms. The van der Waals surface area contributed by atoms with Gasteiger partial charge in [0.1, 0.15) is 5.52 Å². The summed E-state index contributed by atoms with van der Waals surface area (Å²) in [5.74, 6) is 0.423. The number of oxazole rings is 1. The van der Waals surface area contributed by atoms with Crippen molar-refractivity contribution in [3.63, 3.8) is 0 Å². The summed E-state index contributed by atoms with van der Waals surface area (Å²) < 4.78 is 5.88. The molecule has 9 heteroatoms. The van der Waals surface area contributed by atoms with Crippen LogP contribution < -0.4 is 11.1 Å². The van der Waals surface area contributed by atoms with E-state index >= 15 is 0 Å². The Morgan fingerprint density at radius 2 is 1.81 bits per heavy atom. The summed E-state index contributed by atoms with van der Waals surface area (Å²) in [5, 5.41) is 23.2. The molecule has 0 aliphatic heterocycles. The van der Waals surface area contributed by atoms with Crippen LogP contribution in [-0.2, 0) is 22.6 Å². The second-order valence-corrected chi connectivity index (χ2v) is 9.83. The Morgan fingerprint density at radius 1 is 1.11 bits per heavy atom. The third-order valence-corrected chi connectivity index (χ3v) is 6.99. The molecule has 0 spiro atoms. The van der Waals surface area contributed by atoms with Gasteiger partial charge in [0.15, 0.2) is 11.2 Å². The number of aryl methyl sites for hydroxylation is 1. The number of nitrogens with zero attached hydrogens (tertiary/aromatic N) is 2. The molecule has 7 nitrogen and oxygen atoms in total. The van der Waals surface area contributed by atoms with Gasteiger partial charge in [-0.15, -0.1) is 24.2 Å². The molecule has 37 heavy (non-hydrogen) atoms. The van der Waals surface area contributed by atoms with Crippen LogP contribution in [0.15, 0.2) is 83.3 Å². The van der Waals surface area contributed by atoms with E-state index in [2.05, 4.69) is 16.4 Å². The fourth-order valence-electron chi connectivity index (χ4n) is 3.85. The smallest absolute Gasteiger partial charge is 0.229 e. The summed E-state index contributed by atoms with van der Waals surface area (Å²) in [6.07, 6.45) is 0.969. The predicted octanol–water partition coefficient (Wildman–Crippen LogP) is 4.67. The van der Waals surface area contributed by atoms with Gasteiger partial charge in [0.25, 0.3) is 0 Å². The van der Waals surface area contributed by atoms with Crippen LogP contribution in [0.2, 0.25) is 0 Å².